The first kappa shape index (κ1) is 14.1. The summed E-state index contributed by atoms with van der Waals surface area (Å²) in [4.78, 5) is -0.0135. The summed E-state index contributed by atoms with van der Waals surface area (Å²) in [5.74, 6) is 0. The summed E-state index contributed by atoms with van der Waals surface area (Å²) in [7, 11) is 0. The average Bonchev–Trinajstić information content (AvgIpc) is 2.23. The number of hydrogen-bond donors (Lipinski definition) is 2. The van der Waals surface area contributed by atoms with Crippen molar-refractivity contribution in [2.45, 2.75) is 50.1 Å². The molecule has 0 bridgehead atoms. The van der Waals surface area contributed by atoms with Crippen LogP contribution in [-0.2, 0) is 0 Å². The number of benzene rings is 1. The van der Waals surface area contributed by atoms with Crippen LogP contribution in [0.4, 0.5) is 0 Å². The summed E-state index contributed by atoms with van der Waals surface area (Å²) in [6.07, 6.45) is 1.14. The van der Waals surface area contributed by atoms with Gasteiger partial charge in [0, 0.05) is 0 Å². The Bertz CT molecular complexity index is 400. The van der Waals surface area contributed by atoms with Crippen LogP contribution in [-0.4, -0.2) is 36.9 Å². The van der Waals surface area contributed by atoms with Crippen LogP contribution >= 0.6 is 0 Å². The molecular weight excluding hydrogens is 291 g/mol. The molecule has 1 aromatic carbocycles. The van der Waals surface area contributed by atoms with Gasteiger partial charge in [0.15, 0.2) is 0 Å². The van der Waals surface area contributed by atoms with Gasteiger partial charge in [0.1, 0.15) is 0 Å². The Balaban J connectivity index is 2.17. The van der Waals surface area contributed by atoms with Crippen molar-refractivity contribution in [3.8, 4) is 0 Å². The van der Waals surface area contributed by atoms with E-state index in [1.54, 1.807) is 0 Å². The molecule has 1 fully saturated rings. The van der Waals surface area contributed by atoms with Gasteiger partial charge in [-0.3, -0.25) is 0 Å². The number of rotatable bonds is 2. The van der Waals surface area contributed by atoms with E-state index in [0.717, 1.165) is 12.8 Å². The van der Waals surface area contributed by atoms with E-state index in [-0.39, 0.29) is 25.2 Å². The summed E-state index contributed by atoms with van der Waals surface area (Å²) in [5.41, 5.74) is -0.747. The monoisotopic (exact) mass is 314 g/mol. The quantitative estimate of drug-likeness (QED) is 0.817. The second kappa shape index (κ2) is 4.97. The van der Waals surface area contributed by atoms with E-state index < -0.39 is 11.7 Å². The molecule has 2 N–H and O–H groups in total. The predicted octanol–water partition coefficient (Wildman–Crippen LogP) is 1.74. The minimum absolute atomic E-state index is 0.0135. The predicted molar refractivity (Wildman–Crippen MR) is 75.2 cm³/mol. The maximum absolute atomic E-state index is 10.7. The van der Waals surface area contributed by atoms with E-state index in [1.165, 1.54) is 4.46 Å². The molecule has 3 atom stereocenters. The van der Waals surface area contributed by atoms with Crippen LogP contribution in [0.1, 0.15) is 33.6 Å². The zero-order valence-electron chi connectivity index (χ0n) is 11.3. The fraction of sp³-hybridized carbons (Fsp3) is 0.600. The molecule has 0 radical (unpaired) electrons. The third kappa shape index (κ3) is 3.15. The molecule has 0 spiro atoms. The molecule has 2 nitrogen and oxygen atoms in total. The van der Waals surface area contributed by atoms with E-state index in [4.69, 9.17) is 0 Å². The van der Waals surface area contributed by atoms with Crippen molar-refractivity contribution in [3.05, 3.63) is 30.3 Å². The zero-order chi connectivity index (χ0) is 13.4. The summed E-state index contributed by atoms with van der Waals surface area (Å²) >= 11 is 0.112. The second-order valence-corrected chi connectivity index (χ2v) is 8.87. The summed E-state index contributed by atoms with van der Waals surface area (Å²) in [6.45, 7) is 6.12. The first-order valence-corrected chi connectivity index (χ1v) is 8.27. The van der Waals surface area contributed by atoms with Gasteiger partial charge in [0.05, 0.1) is 0 Å². The molecule has 2 rings (SSSR count). The van der Waals surface area contributed by atoms with Crippen molar-refractivity contribution in [2.24, 2.45) is 5.41 Å². The molecule has 0 heterocycles. The third-order valence-corrected chi connectivity index (χ3v) is 6.97. The molecule has 0 aromatic heterocycles. The molecule has 1 unspecified atom stereocenters. The number of hydrogen-bond acceptors (Lipinski definition) is 2. The fourth-order valence-corrected chi connectivity index (χ4v) is 5.59. The van der Waals surface area contributed by atoms with Crippen molar-refractivity contribution >= 4 is 19.4 Å². The molecule has 0 saturated heterocycles. The first-order valence-electron chi connectivity index (χ1n) is 6.42. The van der Waals surface area contributed by atoms with E-state index in [2.05, 4.69) is 26.0 Å². The van der Waals surface area contributed by atoms with Crippen molar-refractivity contribution in [1.29, 1.82) is 0 Å². The van der Waals surface area contributed by atoms with Crippen molar-refractivity contribution in [3.63, 3.8) is 0 Å². The van der Waals surface area contributed by atoms with E-state index in [9.17, 15) is 10.2 Å². The Hall–Kier alpha value is -0.341. The van der Waals surface area contributed by atoms with Gasteiger partial charge in [-0.1, -0.05) is 0 Å². The third-order valence-electron chi connectivity index (χ3n) is 3.57. The van der Waals surface area contributed by atoms with Gasteiger partial charge in [0.25, 0.3) is 0 Å². The van der Waals surface area contributed by atoms with Crippen LogP contribution in [0.5, 0.6) is 0 Å². The Morgan fingerprint density at radius 3 is 2.33 bits per heavy atom. The van der Waals surface area contributed by atoms with Crippen LogP contribution < -0.4 is 4.46 Å². The maximum atomic E-state index is 10.7. The average molecular weight is 313 g/mol. The first-order chi connectivity index (χ1) is 8.30. The molecule has 1 saturated carbocycles. The van der Waals surface area contributed by atoms with Gasteiger partial charge in [-0.25, -0.2) is 0 Å². The van der Waals surface area contributed by atoms with Crippen LogP contribution in [0.15, 0.2) is 30.3 Å². The Kier molecular flexibility index (Phi) is 3.89. The van der Waals surface area contributed by atoms with Crippen LogP contribution in [0.2, 0.25) is 4.82 Å². The molecule has 1 aromatic rings. The van der Waals surface area contributed by atoms with Crippen LogP contribution in [0.25, 0.3) is 0 Å². The molecule has 0 amide bonds. The van der Waals surface area contributed by atoms with Gasteiger partial charge in [0.2, 0.25) is 0 Å². The fourth-order valence-electron chi connectivity index (χ4n) is 3.08. The van der Waals surface area contributed by atoms with Gasteiger partial charge in [-0.05, 0) is 0 Å². The summed E-state index contributed by atoms with van der Waals surface area (Å²) in [6, 6.07) is 10.2. The number of aliphatic hydroxyl groups is 2. The summed E-state index contributed by atoms with van der Waals surface area (Å²) < 4.78 is 1.24. The van der Waals surface area contributed by atoms with Crippen molar-refractivity contribution in [2.75, 3.05) is 0 Å². The number of aliphatic hydroxyl groups excluding tert-OH is 1. The molecule has 3 heteroatoms. The molecular formula is C15H22O2Se. The molecule has 1 aliphatic carbocycles. The van der Waals surface area contributed by atoms with Gasteiger partial charge in [-0.2, -0.15) is 0 Å². The topological polar surface area (TPSA) is 40.5 Å². The normalized spacial score (nSPS) is 35.4. The molecule has 18 heavy (non-hydrogen) atoms. The molecule has 0 aliphatic heterocycles. The Morgan fingerprint density at radius 2 is 1.78 bits per heavy atom. The van der Waals surface area contributed by atoms with Gasteiger partial charge < -0.3 is 0 Å². The standard InChI is InChI=1S/C15H22O2Se/c1-14(2)9-12(16)13(15(3,17)10-14)18-11-7-5-4-6-8-11/h4-8,12-13,16-17H,9-10H2,1-3H3/t12-,13?,15-/m0/s1. The van der Waals surface area contributed by atoms with Crippen LogP contribution in [0.3, 0.4) is 0 Å². The van der Waals surface area contributed by atoms with Gasteiger partial charge >= 0.3 is 116 Å². The van der Waals surface area contributed by atoms with Crippen LogP contribution in [0, 0.1) is 5.41 Å². The molecule has 100 valence electrons. The molecule has 1 aliphatic rings. The second-order valence-electron chi connectivity index (χ2n) is 6.32. The van der Waals surface area contributed by atoms with E-state index in [0.29, 0.717) is 0 Å². The van der Waals surface area contributed by atoms with Crippen molar-refractivity contribution in [1.82, 2.24) is 0 Å². The Morgan fingerprint density at radius 1 is 1.17 bits per heavy atom. The minimum atomic E-state index is -0.767. The van der Waals surface area contributed by atoms with E-state index >= 15 is 0 Å². The Labute approximate surface area is 116 Å². The zero-order valence-corrected chi connectivity index (χ0v) is 13.0. The SMILES string of the molecule is CC1(C)C[C@H](O)C([Se]c2ccccc2)[C@@](C)(O)C1. The van der Waals surface area contributed by atoms with Crippen molar-refractivity contribution < 1.29 is 10.2 Å². The van der Waals surface area contributed by atoms with E-state index in [1.807, 2.05) is 25.1 Å². The summed E-state index contributed by atoms with van der Waals surface area (Å²) in [5, 5.41) is 21.0. The van der Waals surface area contributed by atoms with Gasteiger partial charge in [-0.15, -0.1) is 0 Å².